The van der Waals surface area contributed by atoms with Crippen molar-refractivity contribution in [1.82, 2.24) is 5.32 Å². The van der Waals surface area contributed by atoms with Crippen LogP contribution < -0.4 is 5.32 Å². The smallest absolute Gasteiger partial charge is 0.0509 e. The van der Waals surface area contributed by atoms with Crippen LogP contribution in [0.25, 0.3) is 0 Å². The van der Waals surface area contributed by atoms with Crippen molar-refractivity contribution in [2.24, 2.45) is 5.92 Å². The molecule has 1 heterocycles. The van der Waals surface area contributed by atoms with E-state index in [4.69, 9.17) is 4.74 Å². The van der Waals surface area contributed by atoms with Gasteiger partial charge in [-0.2, -0.15) is 11.8 Å². The molecule has 3 heteroatoms. The molecule has 0 spiro atoms. The molecule has 0 bridgehead atoms. The molecule has 0 aromatic carbocycles. The van der Waals surface area contributed by atoms with Crippen molar-refractivity contribution in [2.45, 2.75) is 51.3 Å². The van der Waals surface area contributed by atoms with Crippen LogP contribution in [0.3, 0.4) is 0 Å². The lowest BCUT2D eigenvalue weighted by Gasteiger charge is -2.23. The van der Waals surface area contributed by atoms with Gasteiger partial charge in [-0.25, -0.2) is 0 Å². The summed E-state index contributed by atoms with van der Waals surface area (Å²) in [6, 6.07) is 0.656. The Bertz CT molecular complexity index is 185. The predicted molar refractivity (Wildman–Crippen MR) is 73.2 cm³/mol. The van der Waals surface area contributed by atoms with Gasteiger partial charge in [0, 0.05) is 29.7 Å². The number of nitrogens with one attached hydrogen (secondary N) is 1. The van der Waals surface area contributed by atoms with Crippen molar-refractivity contribution in [3.05, 3.63) is 0 Å². The molecule has 1 saturated heterocycles. The Morgan fingerprint density at radius 2 is 2.19 bits per heavy atom. The van der Waals surface area contributed by atoms with Crippen LogP contribution in [0, 0.1) is 5.92 Å². The number of ether oxygens (including phenoxy) is 1. The molecule has 1 fully saturated rings. The first kappa shape index (κ1) is 14.3. The van der Waals surface area contributed by atoms with Gasteiger partial charge in [-0.1, -0.05) is 27.7 Å². The van der Waals surface area contributed by atoms with E-state index < -0.39 is 0 Å². The molecular weight excluding hydrogens is 218 g/mol. The maximum atomic E-state index is 5.46. The molecule has 16 heavy (non-hydrogen) atoms. The molecule has 96 valence electrons. The maximum Gasteiger partial charge on any atom is 0.0509 e. The molecule has 1 aliphatic rings. The van der Waals surface area contributed by atoms with Crippen molar-refractivity contribution < 1.29 is 4.74 Å². The molecule has 1 rings (SSSR count). The fourth-order valence-corrected chi connectivity index (χ4v) is 2.95. The van der Waals surface area contributed by atoms with Crippen LogP contribution in [0.1, 0.15) is 40.5 Å². The summed E-state index contributed by atoms with van der Waals surface area (Å²) < 4.78 is 5.84. The minimum atomic E-state index is 0.389. The summed E-state index contributed by atoms with van der Waals surface area (Å²) in [6.07, 6.45) is 2.45. The zero-order valence-corrected chi connectivity index (χ0v) is 12.0. The molecule has 2 atom stereocenters. The number of hydrogen-bond acceptors (Lipinski definition) is 3. The Morgan fingerprint density at radius 1 is 1.44 bits per heavy atom. The summed E-state index contributed by atoms with van der Waals surface area (Å²) in [5, 5.41) is 3.68. The average Bonchev–Trinajstić information content (AvgIpc) is 2.69. The largest absolute Gasteiger partial charge is 0.381 e. The van der Waals surface area contributed by atoms with Gasteiger partial charge < -0.3 is 10.1 Å². The molecule has 1 N–H and O–H groups in total. The third-order valence-corrected chi connectivity index (χ3v) is 4.29. The van der Waals surface area contributed by atoms with Crippen molar-refractivity contribution in [1.29, 1.82) is 0 Å². The van der Waals surface area contributed by atoms with Crippen molar-refractivity contribution in [3.8, 4) is 0 Å². The summed E-state index contributed by atoms with van der Waals surface area (Å²) in [5.41, 5.74) is 0. The van der Waals surface area contributed by atoms with Gasteiger partial charge in [0.15, 0.2) is 0 Å². The summed E-state index contributed by atoms with van der Waals surface area (Å²) in [7, 11) is 0. The first-order chi connectivity index (χ1) is 7.53. The first-order valence-electron chi connectivity index (χ1n) is 6.48. The van der Waals surface area contributed by atoms with E-state index in [1.807, 2.05) is 11.8 Å². The van der Waals surface area contributed by atoms with Gasteiger partial charge in [-0.05, 0) is 18.8 Å². The summed E-state index contributed by atoms with van der Waals surface area (Å²) >= 11 is 2.03. The van der Waals surface area contributed by atoms with Crippen LogP contribution in [0.15, 0.2) is 0 Å². The number of hydrogen-bond donors (Lipinski definition) is 1. The highest BCUT2D eigenvalue weighted by Gasteiger charge is 2.23. The van der Waals surface area contributed by atoms with Crippen molar-refractivity contribution in [2.75, 3.05) is 25.5 Å². The molecule has 2 unspecified atom stereocenters. The van der Waals surface area contributed by atoms with E-state index in [1.165, 1.54) is 18.6 Å². The highest BCUT2D eigenvalue weighted by molar-refractivity contribution is 8.00. The third kappa shape index (κ3) is 5.55. The second-order valence-electron chi connectivity index (χ2n) is 5.55. The van der Waals surface area contributed by atoms with Crippen LogP contribution in [-0.2, 0) is 4.74 Å². The zero-order chi connectivity index (χ0) is 12.0. The molecule has 0 aliphatic carbocycles. The Morgan fingerprint density at radius 3 is 2.69 bits per heavy atom. The topological polar surface area (TPSA) is 21.3 Å². The zero-order valence-electron chi connectivity index (χ0n) is 11.2. The fraction of sp³-hybridized carbons (Fsp3) is 1.00. The van der Waals surface area contributed by atoms with Crippen molar-refractivity contribution in [3.63, 3.8) is 0 Å². The van der Waals surface area contributed by atoms with Crippen LogP contribution in [0.4, 0.5) is 0 Å². The standard InChI is InChI=1S/C13H27NOS/c1-5-12(11-6-8-15-10-11)14-7-9-16-13(2,3)4/h11-12,14H,5-10H2,1-4H3. The lowest BCUT2D eigenvalue weighted by Crippen LogP contribution is -2.37. The van der Waals surface area contributed by atoms with E-state index >= 15 is 0 Å². The molecule has 0 radical (unpaired) electrons. The minimum Gasteiger partial charge on any atom is -0.381 e. The molecule has 0 saturated carbocycles. The summed E-state index contributed by atoms with van der Waals surface area (Å²) in [4.78, 5) is 0. The maximum absolute atomic E-state index is 5.46. The minimum absolute atomic E-state index is 0.389. The van der Waals surface area contributed by atoms with E-state index in [9.17, 15) is 0 Å². The van der Waals surface area contributed by atoms with Crippen LogP contribution >= 0.6 is 11.8 Å². The molecule has 2 nitrogen and oxygen atoms in total. The van der Waals surface area contributed by atoms with E-state index in [0.717, 1.165) is 25.7 Å². The van der Waals surface area contributed by atoms with Gasteiger partial charge in [0.2, 0.25) is 0 Å². The van der Waals surface area contributed by atoms with Crippen molar-refractivity contribution >= 4 is 11.8 Å². The first-order valence-corrected chi connectivity index (χ1v) is 7.46. The summed E-state index contributed by atoms with van der Waals surface area (Å²) in [5.74, 6) is 1.94. The molecule has 0 aromatic rings. The molecule has 0 amide bonds. The predicted octanol–water partition coefficient (Wildman–Crippen LogP) is 2.92. The van der Waals surface area contributed by atoms with Gasteiger partial charge in [-0.15, -0.1) is 0 Å². The molecule has 1 aliphatic heterocycles. The van der Waals surface area contributed by atoms with Crippen LogP contribution in [0.2, 0.25) is 0 Å². The lowest BCUT2D eigenvalue weighted by molar-refractivity contribution is 0.176. The highest BCUT2D eigenvalue weighted by Crippen LogP contribution is 2.23. The highest BCUT2D eigenvalue weighted by atomic mass is 32.2. The SMILES string of the molecule is CCC(NCCSC(C)(C)C)C1CCOC1. The quantitative estimate of drug-likeness (QED) is 0.727. The normalized spacial score (nSPS) is 23.6. The Balaban J connectivity index is 2.14. The second kappa shape index (κ2) is 6.87. The number of thioether (sulfide) groups is 1. The monoisotopic (exact) mass is 245 g/mol. The fourth-order valence-electron chi connectivity index (χ4n) is 2.12. The van der Waals surface area contributed by atoms with Crippen LogP contribution in [0.5, 0.6) is 0 Å². The third-order valence-electron chi connectivity index (χ3n) is 3.02. The van der Waals surface area contributed by atoms with E-state index in [1.54, 1.807) is 0 Å². The van der Waals surface area contributed by atoms with Gasteiger partial charge in [0.05, 0.1) is 6.61 Å². The lowest BCUT2D eigenvalue weighted by atomic mass is 9.97. The number of rotatable bonds is 6. The van der Waals surface area contributed by atoms with Gasteiger partial charge in [0.1, 0.15) is 0 Å². The second-order valence-corrected chi connectivity index (χ2v) is 7.48. The van der Waals surface area contributed by atoms with E-state index in [-0.39, 0.29) is 0 Å². The van der Waals surface area contributed by atoms with Crippen LogP contribution in [-0.4, -0.2) is 36.3 Å². The van der Waals surface area contributed by atoms with Gasteiger partial charge >= 0.3 is 0 Å². The van der Waals surface area contributed by atoms with Gasteiger partial charge in [-0.3, -0.25) is 0 Å². The Kier molecular flexibility index (Phi) is 6.16. The summed E-state index contributed by atoms with van der Waals surface area (Å²) in [6.45, 7) is 12.1. The molecule has 0 aromatic heterocycles. The van der Waals surface area contributed by atoms with Gasteiger partial charge in [0.25, 0.3) is 0 Å². The molecular formula is C13H27NOS. The Labute approximate surface area is 105 Å². The average molecular weight is 245 g/mol. The Hall–Kier alpha value is 0.270. The van der Waals surface area contributed by atoms with E-state index in [0.29, 0.717) is 10.8 Å². The van der Waals surface area contributed by atoms with E-state index in [2.05, 4.69) is 33.0 Å².